The molecule has 0 aromatic rings. The minimum absolute atomic E-state index is 0. The molecule has 0 bridgehead atoms. The Balaban J connectivity index is -0.0000000231. The summed E-state index contributed by atoms with van der Waals surface area (Å²) in [6.07, 6.45) is 0. The first kappa shape index (κ1) is 29.6. The molecule has 0 saturated heterocycles. The molecule has 11 heteroatoms. The second-order valence-electron chi connectivity index (χ2n) is 0.947. The molecule has 0 heterocycles. The van der Waals surface area contributed by atoms with Crippen LogP contribution in [0.4, 0.5) is 0 Å². The number of hydrogen-bond acceptors (Lipinski definition) is 7. The molecule has 0 spiro atoms. The van der Waals surface area contributed by atoms with Crippen LogP contribution in [0.2, 0.25) is 0 Å². The summed E-state index contributed by atoms with van der Waals surface area (Å²) in [5.74, 6) is 0. The van der Waals surface area contributed by atoms with Crippen molar-refractivity contribution in [1.29, 1.82) is 0 Å². The summed E-state index contributed by atoms with van der Waals surface area (Å²) in [7, 11) is 3.75. The van der Waals surface area contributed by atoms with E-state index in [1.165, 1.54) is 0 Å². The van der Waals surface area contributed by atoms with E-state index in [1.54, 1.807) is 0 Å². The topological polar surface area (TPSA) is 144 Å². The van der Waals surface area contributed by atoms with E-state index in [9.17, 15) is 0 Å². The Morgan fingerprint density at radius 1 is 0.923 bits per heavy atom. The van der Waals surface area contributed by atoms with Crippen molar-refractivity contribution in [3.05, 3.63) is 30.6 Å². The van der Waals surface area contributed by atoms with Crippen molar-refractivity contribution in [3.63, 3.8) is 0 Å². The number of nitrogens with zero attached hydrogens (tertiary/aromatic N) is 2. The predicted octanol–water partition coefficient (Wildman–Crippen LogP) is -1.83. The van der Waals surface area contributed by atoms with E-state index in [0.717, 1.165) is 0 Å². The van der Waals surface area contributed by atoms with Crippen molar-refractivity contribution in [3.8, 4) is 0 Å². The third kappa shape index (κ3) is 999. The molecule has 0 atom stereocenters. The maximum atomic E-state index is 8.25. The molecule has 13 heavy (non-hydrogen) atoms. The van der Waals surface area contributed by atoms with Crippen molar-refractivity contribution in [2.45, 2.75) is 0 Å². The first-order chi connectivity index (χ1) is 4.88. The minimum Gasteiger partial charge on any atom is -0.356 e. The van der Waals surface area contributed by atoms with E-state index in [0.29, 0.717) is 0 Å². The average molecular weight is 248 g/mol. The Morgan fingerprint density at radius 2 is 0.923 bits per heavy atom. The number of rotatable bonds is 0. The first-order valence-corrected chi connectivity index (χ1v) is 2.10. The molecule has 74 valence electrons. The van der Waals surface area contributed by atoms with Crippen LogP contribution in [-0.2, 0) is 19.5 Å². The Kier molecular flexibility index (Phi) is 69.4. The van der Waals surface area contributed by atoms with Gasteiger partial charge in [0, 0.05) is 0 Å². The van der Waals surface area contributed by atoms with Gasteiger partial charge >= 0.3 is 19.5 Å². The van der Waals surface area contributed by atoms with Gasteiger partial charge in [-0.05, 0) is 14.1 Å². The zero-order chi connectivity index (χ0) is 9.86. The zero-order valence-corrected chi connectivity index (χ0v) is 9.52. The van der Waals surface area contributed by atoms with Crippen LogP contribution in [0.15, 0.2) is 0 Å². The van der Waals surface area contributed by atoms with Gasteiger partial charge < -0.3 is 36.0 Å². The molecule has 1 N–H and O–H groups in total. The van der Waals surface area contributed by atoms with Crippen LogP contribution in [0, 0.1) is 30.6 Å². The average Bonchev–Trinajstić information content (AvgIpc) is 1.60. The fraction of sp³-hybridized carbons (Fsp3) is 1.00. The Labute approximate surface area is 88.7 Å². The predicted molar refractivity (Wildman–Crippen MR) is 45.6 cm³/mol. The molecule has 0 radical (unpaired) electrons. The van der Waals surface area contributed by atoms with Gasteiger partial charge in [-0.2, -0.15) is 0 Å². The molecular formula is C2H10BN3O6Zn. The van der Waals surface area contributed by atoms with Gasteiger partial charge in [-0.1, -0.05) is 0 Å². The minimum atomic E-state index is -1.75. The summed E-state index contributed by atoms with van der Waals surface area (Å²) in [5.41, 5.74) is 0. The van der Waals surface area contributed by atoms with Crippen molar-refractivity contribution >= 4 is 8.41 Å². The largest absolute Gasteiger partial charge is 2.00 e. The van der Waals surface area contributed by atoms with E-state index >= 15 is 0 Å². The van der Waals surface area contributed by atoms with Gasteiger partial charge in [0.15, 0.2) is 0 Å². The maximum absolute atomic E-state index is 8.25. The summed E-state index contributed by atoms with van der Waals surface area (Å²) < 4.78 is 0. The van der Waals surface area contributed by atoms with E-state index in [4.69, 9.17) is 30.6 Å². The SMILES string of the molecule is B.CNC.O=[N+]([O-])[O-].O=[N+]([O-])[O-].[Zn+2]. The maximum Gasteiger partial charge on any atom is 2.00 e. The molecule has 0 aliphatic carbocycles. The summed E-state index contributed by atoms with van der Waals surface area (Å²) >= 11 is 0. The summed E-state index contributed by atoms with van der Waals surface area (Å²) in [6.45, 7) is 0. The molecule has 0 aromatic heterocycles. The van der Waals surface area contributed by atoms with Crippen molar-refractivity contribution in [2.75, 3.05) is 14.1 Å². The molecule has 0 aliphatic rings. The molecule has 0 unspecified atom stereocenters. The summed E-state index contributed by atoms with van der Waals surface area (Å²) in [4.78, 5) is 16.5. The van der Waals surface area contributed by atoms with Crippen LogP contribution >= 0.6 is 0 Å². The fourth-order valence-electron chi connectivity index (χ4n) is 0. The summed E-state index contributed by atoms with van der Waals surface area (Å²) in [5, 5.41) is 32.2. The Hall–Kier alpha value is -0.952. The van der Waals surface area contributed by atoms with Crippen LogP contribution in [0.3, 0.4) is 0 Å². The van der Waals surface area contributed by atoms with Gasteiger partial charge in [0.25, 0.3) is 0 Å². The third-order valence-electron chi connectivity index (χ3n) is 0. The standard InChI is InChI=1S/C2H7N.BH3.2NO3.Zn/c1-3-2;;2*2-1(3)4;/h3H,1-2H3;1H3;;;/q;;2*-1;+2. The molecule has 0 aromatic carbocycles. The Bertz CT molecular complexity index is 94.1. The van der Waals surface area contributed by atoms with Gasteiger partial charge in [0.1, 0.15) is 0 Å². The van der Waals surface area contributed by atoms with Gasteiger partial charge in [-0.3, -0.25) is 0 Å². The molecule has 0 fully saturated rings. The normalized spacial score (nSPS) is 5.08. The van der Waals surface area contributed by atoms with Crippen LogP contribution < -0.4 is 5.32 Å². The first-order valence-electron chi connectivity index (χ1n) is 2.10. The zero-order valence-electron chi connectivity index (χ0n) is 6.55. The van der Waals surface area contributed by atoms with E-state index < -0.39 is 10.2 Å². The Morgan fingerprint density at radius 3 is 0.923 bits per heavy atom. The van der Waals surface area contributed by atoms with Crippen LogP contribution in [0.1, 0.15) is 0 Å². The van der Waals surface area contributed by atoms with Crippen molar-refractivity contribution in [1.82, 2.24) is 5.32 Å². The van der Waals surface area contributed by atoms with Gasteiger partial charge in [0.05, 0.1) is 18.6 Å². The van der Waals surface area contributed by atoms with Crippen LogP contribution in [-0.4, -0.2) is 32.7 Å². The third-order valence-corrected chi connectivity index (χ3v) is 0. The fourth-order valence-corrected chi connectivity index (χ4v) is 0. The molecule has 0 aliphatic heterocycles. The van der Waals surface area contributed by atoms with Crippen LogP contribution in [0.25, 0.3) is 0 Å². The molecule has 9 nitrogen and oxygen atoms in total. The van der Waals surface area contributed by atoms with E-state index in [1.807, 2.05) is 14.1 Å². The smallest absolute Gasteiger partial charge is 0.356 e. The second-order valence-corrected chi connectivity index (χ2v) is 0.947. The number of nitrogens with one attached hydrogen (secondary N) is 1. The van der Waals surface area contributed by atoms with E-state index in [-0.39, 0.29) is 27.9 Å². The van der Waals surface area contributed by atoms with Gasteiger partial charge in [0.2, 0.25) is 0 Å². The summed E-state index contributed by atoms with van der Waals surface area (Å²) in [6, 6.07) is 0. The molecular weight excluding hydrogens is 238 g/mol. The molecule has 0 amide bonds. The van der Waals surface area contributed by atoms with Crippen molar-refractivity contribution < 1.29 is 29.7 Å². The van der Waals surface area contributed by atoms with Crippen LogP contribution in [0.5, 0.6) is 0 Å². The second kappa shape index (κ2) is 30.5. The number of hydrogen-bond donors (Lipinski definition) is 1. The van der Waals surface area contributed by atoms with Gasteiger partial charge in [-0.25, -0.2) is 0 Å². The van der Waals surface area contributed by atoms with Gasteiger partial charge in [-0.15, -0.1) is 0 Å². The molecule has 0 saturated carbocycles. The monoisotopic (exact) mass is 247 g/mol. The van der Waals surface area contributed by atoms with Crippen molar-refractivity contribution in [2.24, 2.45) is 0 Å². The van der Waals surface area contributed by atoms with E-state index in [2.05, 4.69) is 5.32 Å². The molecule has 0 rings (SSSR count). The quantitative estimate of drug-likeness (QED) is 0.301.